The Morgan fingerprint density at radius 2 is 1.95 bits per heavy atom. The number of alkyl halides is 3. The average molecular weight is 602 g/mol. The zero-order valence-electron chi connectivity index (χ0n) is 19.6. The molecule has 0 N–H and O–H groups in total. The van der Waals surface area contributed by atoms with E-state index >= 15 is 0 Å². The molecule has 7 nitrogen and oxygen atoms in total. The quantitative estimate of drug-likeness (QED) is 0.295. The average Bonchev–Trinajstić information content (AvgIpc) is 3.59. The molecule has 0 radical (unpaired) electrons. The Balaban J connectivity index is 1.11. The van der Waals surface area contributed by atoms with Gasteiger partial charge in [-0.2, -0.15) is 13.2 Å². The summed E-state index contributed by atoms with van der Waals surface area (Å²) in [6, 6.07) is 7.33. The number of piperidine rings is 1. The number of hydrogen-bond donors (Lipinski definition) is 0. The van der Waals surface area contributed by atoms with Crippen LogP contribution >= 0.6 is 46.3 Å². The molecule has 5 rings (SSSR count). The predicted molar refractivity (Wildman–Crippen MR) is 140 cm³/mol. The summed E-state index contributed by atoms with van der Waals surface area (Å²) in [5.74, 6) is 0.231. The number of aromatic nitrogens is 3. The third-order valence-electron chi connectivity index (χ3n) is 6.26. The van der Waals surface area contributed by atoms with Crippen LogP contribution < -0.4 is 0 Å². The standard InChI is InChI=1S/C24H20Cl2F3N5O2S2/c25-14-1-2-16(26)15(9-14)19-10-17(33-36-19)18-11-38-23(30-18)13-5-7-34(8-6-13)22(35)12-37-21-4-3-20(31-32-21)24(27,28)29/h1-4,9,11,13,19H,5-8,10,12H2. The summed E-state index contributed by atoms with van der Waals surface area (Å²) >= 11 is 15.1. The van der Waals surface area contributed by atoms with Gasteiger partial charge in [0.2, 0.25) is 5.91 Å². The Labute approximate surface area is 234 Å². The fourth-order valence-corrected chi connectivity index (χ4v) is 6.35. The summed E-state index contributed by atoms with van der Waals surface area (Å²) in [4.78, 5) is 24.8. The van der Waals surface area contributed by atoms with Crippen molar-refractivity contribution in [1.29, 1.82) is 0 Å². The van der Waals surface area contributed by atoms with Gasteiger partial charge in [0.25, 0.3) is 0 Å². The summed E-state index contributed by atoms with van der Waals surface area (Å²) in [6.45, 7) is 1.16. The first-order valence-electron chi connectivity index (χ1n) is 11.6. The smallest absolute Gasteiger partial charge is 0.387 e. The maximum atomic E-state index is 12.6. The van der Waals surface area contributed by atoms with Crippen LogP contribution in [0.15, 0.2) is 45.9 Å². The summed E-state index contributed by atoms with van der Waals surface area (Å²) in [5, 5.41) is 15.4. The number of benzene rings is 1. The number of nitrogens with zero attached hydrogens (tertiary/aromatic N) is 5. The highest BCUT2D eigenvalue weighted by molar-refractivity contribution is 7.99. The molecule has 3 aromatic rings. The maximum absolute atomic E-state index is 12.6. The molecule has 0 spiro atoms. The van der Waals surface area contributed by atoms with Gasteiger partial charge in [0.05, 0.1) is 16.5 Å². The second-order valence-electron chi connectivity index (χ2n) is 8.77. The molecule has 0 bridgehead atoms. The predicted octanol–water partition coefficient (Wildman–Crippen LogP) is 6.62. The van der Waals surface area contributed by atoms with Gasteiger partial charge in [-0.15, -0.1) is 21.5 Å². The van der Waals surface area contributed by atoms with Crippen molar-refractivity contribution in [1.82, 2.24) is 20.1 Å². The van der Waals surface area contributed by atoms with Gasteiger partial charge in [0.15, 0.2) is 11.8 Å². The summed E-state index contributed by atoms with van der Waals surface area (Å²) in [5.41, 5.74) is 1.26. The zero-order chi connectivity index (χ0) is 26.9. The fraction of sp³-hybridized carbons (Fsp3) is 0.375. The van der Waals surface area contributed by atoms with Gasteiger partial charge in [-0.25, -0.2) is 4.98 Å². The lowest BCUT2D eigenvalue weighted by atomic mass is 9.97. The molecule has 0 aliphatic carbocycles. The second kappa shape index (κ2) is 11.4. The first-order valence-corrected chi connectivity index (χ1v) is 14.2. The van der Waals surface area contributed by atoms with E-state index in [-0.39, 0.29) is 28.7 Å². The van der Waals surface area contributed by atoms with Crippen molar-refractivity contribution in [2.75, 3.05) is 18.8 Å². The third kappa shape index (κ3) is 6.24. The number of hydrogen-bond acceptors (Lipinski definition) is 8. The highest BCUT2D eigenvalue weighted by atomic mass is 35.5. The molecule has 38 heavy (non-hydrogen) atoms. The van der Waals surface area contributed by atoms with Crippen LogP contribution in [0.2, 0.25) is 10.0 Å². The Morgan fingerprint density at radius 1 is 1.16 bits per heavy atom. The molecule has 1 fully saturated rings. The first-order chi connectivity index (χ1) is 18.2. The molecule has 200 valence electrons. The van der Waals surface area contributed by atoms with Gasteiger partial charge in [-0.1, -0.05) is 40.1 Å². The number of thioether (sulfide) groups is 1. The van der Waals surface area contributed by atoms with Crippen LogP contribution in [0.5, 0.6) is 0 Å². The lowest BCUT2D eigenvalue weighted by Gasteiger charge is -2.31. The van der Waals surface area contributed by atoms with E-state index in [0.717, 1.165) is 52.6 Å². The van der Waals surface area contributed by atoms with E-state index in [9.17, 15) is 18.0 Å². The first kappa shape index (κ1) is 27.2. The van der Waals surface area contributed by atoms with Crippen LogP contribution in [0.4, 0.5) is 13.2 Å². The molecule has 0 saturated carbocycles. The molecule has 1 unspecified atom stereocenters. The largest absolute Gasteiger partial charge is 0.435 e. The molecule has 14 heteroatoms. The molecular weight excluding hydrogens is 582 g/mol. The van der Waals surface area contributed by atoms with Crippen LogP contribution in [0.25, 0.3) is 0 Å². The maximum Gasteiger partial charge on any atom is 0.435 e. The van der Waals surface area contributed by atoms with Gasteiger partial charge in [-0.3, -0.25) is 4.79 Å². The molecular formula is C24H20Cl2F3N5O2S2. The van der Waals surface area contributed by atoms with Gasteiger partial charge in [0.1, 0.15) is 10.7 Å². The highest BCUT2D eigenvalue weighted by Gasteiger charge is 2.33. The van der Waals surface area contributed by atoms with Crippen molar-refractivity contribution in [2.45, 2.75) is 42.5 Å². The molecule has 1 aromatic carbocycles. The van der Waals surface area contributed by atoms with Crippen LogP contribution in [-0.4, -0.2) is 50.5 Å². The van der Waals surface area contributed by atoms with Crippen LogP contribution in [0, 0.1) is 0 Å². The highest BCUT2D eigenvalue weighted by Crippen LogP contribution is 2.37. The molecule has 2 aliphatic heterocycles. The van der Waals surface area contributed by atoms with Gasteiger partial charge < -0.3 is 9.74 Å². The SMILES string of the molecule is O=C(CSc1ccc(C(F)(F)F)nn1)N1CCC(c2nc(C3=NOC(c4cc(Cl)ccc4Cl)C3)cs2)CC1. The number of oxime groups is 1. The molecule has 2 aromatic heterocycles. The molecule has 4 heterocycles. The Bertz CT molecular complexity index is 1350. The van der Waals surface area contributed by atoms with Gasteiger partial charge in [-0.05, 0) is 43.2 Å². The van der Waals surface area contributed by atoms with Crippen LogP contribution in [0.3, 0.4) is 0 Å². The van der Waals surface area contributed by atoms with E-state index in [1.165, 1.54) is 6.07 Å². The third-order valence-corrected chi connectivity index (χ3v) is 8.75. The summed E-state index contributed by atoms with van der Waals surface area (Å²) < 4.78 is 37.9. The summed E-state index contributed by atoms with van der Waals surface area (Å²) in [7, 11) is 0. The van der Waals surface area contributed by atoms with Crippen LogP contribution in [-0.2, 0) is 15.8 Å². The zero-order valence-corrected chi connectivity index (χ0v) is 22.8. The lowest BCUT2D eigenvalue weighted by Crippen LogP contribution is -2.38. The van der Waals surface area contributed by atoms with Gasteiger partial charge in [0, 0.05) is 46.4 Å². The van der Waals surface area contributed by atoms with E-state index < -0.39 is 11.9 Å². The van der Waals surface area contributed by atoms with Crippen molar-refractivity contribution >= 4 is 57.9 Å². The number of halogens is 5. The summed E-state index contributed by atoms with van der Waals surface area (Å²) in [6.07, 6.45) is -2.78. The Kier molecular flexibility index (Phi) is 8.13. The number of amides is 1. The molecule has 1 amide bonds. The van der Waals surface area contributed by atoms with Crippen LogP contribution in [0.1, 0.15) is 53.2 Å². The number of carbonyl (C=O) groups is 1. The van der Waals surface area contributed by atoms with Crippen molar-refractivity contribution in [3.05, 3.63) is 67.7 Å². The van der Waals surface area contributed by atoms with E-state index in [0.29, 0.717) is 29.6 Å². The minimum Gasteiger partial charge on any atom is -0.387 e. The lowest BCUT2D eigenvalue weighted by molar-refractivity contribution is -0.141. The number of carbonyl (C=O) groups excluding carboxylic acids is 1. The van der Waals surface area contributed by atoms with Crippen molar-refractivity contribution in [3.63, 3.8) is 0 Å². The normalized spacial score (nSPS) is 18.4. The van der Waals surface area contributed by atoms with Gasteiger partial charge >= 0.3 is 6.18 Å². The van der Waals surface area contributed by atoms with E-state index in [1.54, 1.807) is 34.4 Å². The Hall–Kier alpha value is -2.41. The van der Waals surface area contributed by atoms with Crippen molar-refractivity contribution in [3.8, 4) is 0 Å². The van der Waals surface area contributed by atoms with E-state index in [4.69, 9.17) is 33.0 Å². The minimum atomic E-state index is -4.54. The Morgan fingerprint density at radius 3 is 2.66 bits per heavy atom. The topological polar surface area (TPSA) is 80.6 Å². The molecule has 1 saturated heterocycles. The number of likely N-dealkylation sites (tertiary alicyclic amines) is 1. The number of rotatable bonds is 6. The molecule has 2 aliphatic rings. The van der Waals surface area contributed by atoms with Crippen molar-refractivity contribution < 1.29 is 22.8 Å². The van der Waals surface area contributed by atoms with E-state index in [2.05, 4.69) is 15.4 Å². The fourth-order valence-electron chi connectivity index (χ4n) is 4.22. The van der Waals surface area contributed by atoms with Crippen molar-refractivity contribution in [2.24, 2.45) is 5.16 Å². The minimum absolute atomic E-state index is 0.0850. The van der Waals surface area contributed by atoms with E-state index in [1.807, 2.05) is 5.38 Å². The number of thiazole rings is 1. The second-order valence-corrected chi connectivity index (χ2v) is 11.5. The molecule has 1 atom stereocenters. The monoisotopic (exact) mass is 601 g/mol.